The van der Waals surface area contributed by atoms with Crippen molar-refractivity contribution in [3.63, 3.8) is 0 Å². The van der Waals surface area contributed by atoms with Crippen molar-refractivity contribution >= 4 is 32.3 Å². The monoisotopic (exact) mass is 324 g/mol. The molecule has 1 aliphatic rings. The summed E-state index contributed by atoms with van der Waals surface area (Å²) in [5.74, 6) is 0.564. The molecule has 0 amide bonds. The number of hydrogen-bond acceptors (Lipinski definition) is 4. The molecule has 0 spiro atoms. The summed E-state index contributed by atoms with van der Waals surface area (Å²) in [7, 11) is -2.81. The van der Waals surface area contributed by atoms with E-state index >= 15 is 0 Å². The molecule has 0 unspecified atom stereocenters. The lowest BCUT2D eigenvalue weighted by Crippen LogP contribution is -2.37. The number of benzene rings is 1. The van der Waals surface area contributed by atoms with Gasteiger partial charge in [0.15, 0.2) is 0 Å². The summed E-state index contributed by atoms with van der Waals surface area (Å²) in [4.78, 5) is 4.41. The van der Waals surface area contributed by atoms with E-state index in [-0.39, 0.29) is 17.5 Å². The Labute approximate surface area is 129 Å². The van der Waals surface area contributed by atoms with E-state index in [2.05, 4.69) is 10.3 Å². The van der Waals surface area contributed by atoms with Gasteiger partial charge in [0.1, 0.15) is 9.84 Å². The van der Waals surface area contributed by atoms with Crippen LogP contribution < -0.4 is 5.32 Å². The van der Waals surface area contributed by atoms with E-state index < -0.39 is 9.84 Å². The molecule has 1 aromatic heterocycles. The Bertz CT molecular complexity index is 747. The number of halogens is 1. The highest BCUT2D eigenvalue weighted by Crippen LogP contribution is 2.25. The fourth-order valence-corrected chi connectivity index (χ4v) is 4.39. The van der Waals surface area contributed by atoms with Crippen LogP contribution in [0.2, 0.25) is 5.02 Å². The molecule has 2 aromatic rings. The summed E-state index contributed by atoms with van der Waals surface area (Å²) < 4.78 is 22.9. The highest BCUT2D eigenvalue weighted by Gasteiger charge is 2.23. The van der Waals surface area contributed by atoms with Crippen LogP contribution in [0.4, 0.5) is 0 Å². The van der Waals surface area contributed by atoms with E-state index in [1.807, 2.05) is 24.3 Å². The number of nitrogens with zero attached hydrogens (tertiary/aromatic N) is 1. The predicted molar refractivity (Wildman–Crippen MR) is 85.3 cm³/mol. The summed E-state index contributed by atoms with van der Waals surface area (Å²) in [6.07, 6.45) is 3.12. The zero-order valence-corrected chi connectivity index (χ0v) is 13.1. The molecule has 0 aliphatic carbocycles. The third-order valence-electron chi connectivity index (χ3n) is 3.94. The van der Waals surface area contributed by atoms with Crippen molar-refractivity contribution in [1.29, 1.82) is 0 Å². The maximum absolute atomic E-state index is 11.4. The Kier molecular flexibility index (Phi) is 4.15. The second kappa shape index (κ2) is 5.91. The van der Waals surface area contributed by atoms with E-state index in [9.17, 15) is 8.42 Å². The number of pyridine rings is 1. The first-order valence-electron chi connectivity index (χ1n) is 7.01. The number of nitrogens with one attached hydrogen (secondary N) is 1. The second-order valence-electron chi connectivity index (χ2n) is 5.41. The molecule has 4 nitrogen and oxygen atoms in total. The summed E-state index contributed by atoms with van der Waals surface area (Å²) in [5, 5.41) is 5.09. The lowest BCUT2D eigenvalue weighted by atomic mass is 10.1. The van der Waals surface area contributed by atoms with Gasteiger partial charge in [-0.3, -0.25) is 4.98 Å². The zero-order valence-electron chi connectivity index (χ0n) is 11.5. The number of sulfone groups is 1. The van der Waals surface area contributed by atoms with E-state index in [0.29, 0.717) is 24.4 Å². The summed E-state index contributed by atoms with van der Waals surface area (Å²) in [6.45, 7) is 0.676. The Hall–Kier alpha value is -1.17. The number of aromatic nitrogens is 1. The van der Waals surface area contributed by atoms with Gasteiger partial charge in [-0.25, -0.2) is 8.42 Å². The normalized spacial score (nSPS) is 18.9. The Morgan fingerprint density at radius 3 is 2.76 bits per heavy atom. The molecular weight excluding hydrogens is 308 g/mol. The molecule has 1 aromatic carbocycles. The van der Waals surface area contributed by atoms with E-state index in [1.54, 1.807) is 6.20 Å². The quantitative estimate of drug-likeness (QED) is 0.942. The standard InChI is InChI=1S/C15H17ClN2O2S/c16-14-4-3-11(15-13(14)2-1-7-17-15)10-18-12-5-8-21(19,20)9-6-12/h1-4,7,12,18H,5-6,8-10H2. The SMILES string of the molecule is O=S1(=O)CCC(NCc2ccc(Cl)c3cccnc23)CC1. The minimum Gasteiger partial charge on any atom is -0.310 e. The maximum Gasteiger partial charge on any atom is 0.150 e. The van der Waals surface area contributed by atoms with Gasteiger partial charge in [-0.2, -0.15) is 0 Å². The highest BCUT2D eigenvalue weighted by molar-refractivity contribution is 7.91. The molecule has 1 fully saturated rings. The van der Waals surface area contributed by atoms with Crippen LogP contribution in [-0.2, 0) is 16.4 Å². The van der Waals surface area contributed by atoms with Crippen LogP contribution in [-0.4, -0.2) is 30.9 Å². The molecule has 2 heterocycles. The fourth-order valence-electron chi connectivity index (χ4n) is 2.69. The van der Waals surface area contributed by atoms with E-state index in [4.69, 9.17) is 11.6 Å². The van der Waals surface area contributed by atoms with Gasteiger partial charge in [-0.05, 0) is 36.6 Å². The van der Waals surface area contributed by atoms with Gasteiger partial charge in [-0.15, -0.1) is 0 Å². The largest absolute Gasteiger partial charge is 0.310 e. The van der Waals surface area contributed by atoms with Gasteiger partial charge >= 0.3 is 0 Å². The summed E-state index contributed by atoms with van der Waals surface area (Å²) in [6, 6.07) is 7.94. The number of rotatable bonds is 3. The lowest BCUT2D eigenvalue weighted by molar-refractivity contribution is 0.463. The molecular formula is C15H17ClN2O2S. The van der Waals surface area contributed by atoms with Crippen LogP contribution in [0.3, 0.4) is 0 Å². The average Bonchev–Trinajstić information content (AvgIpc) is 2.48. The zero-order chi connectivity index (χ0) is 14.9. The Morgan fingerprint density at radius 2 is 2.00 bits per heavy atom. The molecule has 1 N–H and O–H groups in total. The average molecular weight is 325 g/mol. The van der Waals surface area contributed by atoms with Crippen molar-refractivity contribution < 1.29 is 8.42 Å². The van der Waals surface area contributed by atoms with Gasteiger partial charge < -0.3 is 5.32 Å². The third-order valence-corrected chi connectivity index (χ3v) is 5.98. The van der Waals surface area contributed by atoms with Gasteiger partial charge in [0.25, 0.3) is 0 Å². The second-order valence-corrected chi connectivity index (χ2v) is 8.12. The van der Waals surface area contributed by atoms with E-state index in [1.165, 1.54) is 0 Å². The first-order chi connectivity index (χ1) is 10.1. The van der Waals surface area contributed by atoms with Crippen LogP contribution in [0.25, 0.3) is 10.9 Å². The molecule has 6 heteroatoms. The molecule has 3 rings (SSSR count). The highest BCUT2D eigenvalue weighted by atomic mass is 35.5. The van der Waals surface area contributed by atoms with Crippen LogP contribution in [0.1, 0.15) is 18.4 Å². The van der Waals surface area contributed by atoms with E-state index in [0.717, 1.165) is 16.5 Å². The number of hydrogen-bond donors (Lipinski definition) is 1. The topological polar surface area (TPSA) is 59.1 Å². The fraction of sp³-hybridized carbons (Fsp3) is 0.400. The van der Waals surface area contributed by atoms with Gasteiger partial charge in [0.05, 0.1) is 17.0 Å². The number of fused-ring (bicyclic) bond motifs is 1. The predicted octanol–water partition coefficient (Wildman–Crippen LogP) is 2.56. The lowest BCUT2D eigenvalue weighted by Gasteiger charge is -2.23. The summed E-state index contributed by atoms with van der Waals surface area (Å²) >= 11 is 6.18. The molecule has 112 valence electrons. The first kappa shape index (κ1) is 14.8. The van der Waals surface area contributed by atoms with Gasteiger partial charge in [0, 0.05) is 29.2 Å². The van der Waals surface area contributed by atoms with Gasteiger partial charge in [-0.1, -0.05) is 17.7 Å². The smallest absolute Gasteiger partial charge is 0.150 e. The van der Waals surface area contributed by atoms with Crippen LogP contribution in [0.5, 0.6) is 0 Å². The van der Waals surface area contributed by atoms with Crippen molar-refractivity contribution in [2.24, 2.45) is 0 Å². The Morgan fingerprint density at radius 1 is 1.24 bits per heavy atom. The molecule has 0 radical (unpaired) electrons. The molecule has 1 aliphatic heterocycles. The maximum atomic E-state index is 11.4. The van der Waals surface area contributed by atoms with Crippen molar-refractivity contribution in [1.82, 2.24) is 10.3 Å². The van der Waals surface area contributed by atoms with Crippen molar-refractivity contribution in [3.8, 4) is 0 Å². The van der Waals surface area contributed by atoms with Crippen molar-refractivity contribution in [2.45, 2.75) is 25.4 Å². The van der Waals surface area contributed by atoms with Crippen LogP contribution in [0.15, 0.2) is 30.5 Å². The van der Waals surface area contributed by atoms with Crippen molar-refractivity contribution in [2.75, 3.05) is 11.5 Å². The van der Waals surface area contributed by atoms with Crippen molar-refractivity contribution in [3.05, 3.63) is 41.0 Å². The molecule has 0 saturated carbocycles. The van der Waals surface area contributed by atoms with Gasteiger partial charge in [0.2, 0.25) is 0 Å². The third kappa shape index (κ3) is 3.36. The molecule has 0 atom stereocenters. The molecule has 1 saturated heterocycles. The molecule has 0 bridgehead atoms. The summed E-state index contributed by atoms with van der Waals surface area (Å²) in [5.41, 5.74) is 1.99. The van der Waals surface area contributed by atoms with Crippen LogP contribution >= 0.6 is 11.6 Å². The van der Waals surface area contributed by atoms with Crippen LogP contribution in [0, 0.1) is 0 Å². The minimum absolute atomic E-state index is 0.253. The Balaban J connectivity index is 1.73. The first-order valence-corrected chi connectivity index (χ1v) is 9.21. The molecule has 21 heavy (non-hydrogen) atoms. The minimum atomic E-state index is -2.81.